The molecule has 0 saturated carbocycles. The first-order chi connectivity index (χ1) is 12.7. The van der Waals surface area contributed by atoms with Crippen molar-refractivity contribution in [2.45, 2.75) is 0 Å². The van der Waals surface area contributed by atoms with E-state index in [4.69, 9.17) is 11.6 Å². The number of hydrogen-bond acceptors (Lipinski definition) is 3. The van der Waals surface area contributed by atoms with E-state index in [9.17, 15) is 4.79 Å². The second kappa shape index (κ2) is 5.83. The minimum Gasteiger partial charge on any atom is -0.317 e. The molecule has 3 heterocycles. The fourth-order valence-electron chi connectivity index (χ4n) is 3.09. The molecular formula is C20H12ClN3OS. The first kappa shape index (κ1) is 15.4. The largest absolute Gasteiger partial charge is 0.317 e. The summed E-state index contributed by atoms with van der Waals surface area (Å²) in [6, 6.07) is 19.2. The van der Waals surface area contributed by atoms with E-state index in [2.05, 4.69) is 4.98 Å². The number of imidazole rings is 1. The molecule has 0 bridgehead atoms. The summed E-state index contributed by atoms with van der Waals surface area (Å²) in [5.41, 5.74) is 3.56. The van der Waals surface area contributed by atoms with E-state index in [-0.39, 0.29) is 5.56 Å². The van der Waals surface area contributed by atoms with Crippen LogP contribution in [0.25, 0.3) is 27.8 Å². The Morgan fingerprint density at radius 3 is 2.65 bits per heavy atom. The number of benzene rings is 2. The lowest BCUT2D eigenvalue weighted by Crippen LogP contribution is -2.23. The third-order valence-corrected chi connectivity index (χ3v) is 5.53. The number of halogens is 1. The Morgan fingerprint density at radius 1 is 1.00 bits per heavy atom. The third kappa shape index (κ3) is 2.36. The van der Waals surface area contributed by atoms with Crippen LogP contribution in [0.3, 0.4) is 0 Å². The van der Waals surface area contributed by atoms with Gasteiger partial charge in [-0.2, -0.15) is 0 Å². The maximum absolute atomic E-state index is 12.9. The molecule has 6 heteroatoms. The molecule has 2 aromatic carbocycles. The number of rotatable bonds is 2. The van der Waals surface area contributed by atoms with Crippen LogP contribution in [0.4, 0.5) is 0 Å². The average Bonchev–Trinajstić information content (AvgIpc) is 3.32. The molecular weight excluding hydrogens is 366 g/mol. The van der Waals surface area contributed by atoms with E-state index < -0.39 is 0 Å². The summed E-state index contributed by atoms with van der Waals surface area (Å²) >= 11 is 7.38. The lowest BCUT2D eigenvalue weighted by Gasteiger charge is -2.06. The highest BCUT2D eigenvalue weighted by Crippen LogP contribution is 2.18. The predicted molar refractivity (Wildman–Crippen MR) is 106 cm³/mol. The molecule has 4 nitrogen and oxygen atoms in total. The standard InChI is InChI=1S/C20H12ClN3OS/c21-13-7-9-14(10-8-13)23-11-3-4-15(23)12-18-19(25)24-17-6-2-1-5-16(17)22-20(24)26-18/h1-12H/b18-12-. The highest BCUT2D eigenvalue weighted by molar-refractivity contribution is 7.15. The monoisotopic (exact) mass is 377 g/mol. The van der Waals surface area contributed by atoms with Crippen LogP contribution in [0.2, 0.25) is 5.02 Å². The minimum atomic E-state index is -0.0393. The zero-order chi connectivity index (χ0) is 17.7. The molecule has 0 saturated heterocycles. The first-order valence-electron chi connectivity index (χ1n) is 8.06. The Morgan fingerprint density at radius 2 is 1.81 bits per heavy atom. The van der Waals surface area contributed by atoms with Gasteiger partial charge in [-0.05, 0) is 54.6 Å². The van der Waals surface area contributed by atoms with Crippen LogP contribution in [0.15, 0.2) is 71.7 Å². The highest BCUT2D eigenvalue weighted by Gasteiger charge is 2.11. The Balaban J connectivity index is 1.71. The van der Waals surface area contributed by atoms with E-state index >= 15 is 0 Å². The van der Waals surface area contributed by atoms with Gasteiger partial charge in [0.2, 0.25) is 0 Å². The van der Waals surface area contributed by atoms with Crippen LogP contribution >= 0.6 is 22.9 Å². The lowest BCUT2D eigenvalue weighted by molar-refractivity contribution is 1.06. The van der Waals surface area contributed by atoms with Crippen LogP contribution in [0.1, 0.15) is 5.69 Å². The molecule has 5 rings (SSSR count). The smallest absolute Gasteiger partial charge is 0.275 e. The van der Waals surface area contributed by atoms with Gasteiger partial charge in [0.05, 0.1) is 15.6 Å². The van der Waals surface area contributed by atoms with Crippen LogP contribution in [-0.4, -0.2) is 14.0 Å². The van der Waals surface area contributed by atoms with Crippen LogP contribution < -0.4 is 10.1 Å². The van der Waals surface area contributed by atoms with Gasteiger partial charge in [0.25, 0.3) is 5.56 Å². The van der Waals surface area contributed by atoms with Gasteiger partial charge in [-0.25, -0.2) is 9.38 Å². The summed E-state index contributed by atoms with van der Waals surface area (Å²) in [7, 11) is 0. The van der Waals surface area contributed by atoms with Crippen molar-refractivity contribution in [1.82, 2.24) is 14.0 Å². The zero-order valence-corrected chi connectivity index (χ0v) is 15.0. The molecule has 0 spiro atoms. The first-order valence-corrected chi connectivity index (χ1v) is 9.25. The second-order valence-corrected chi connectivity index (χ2v) is 7.36. The summed E-state index contributed by atoms with van der Waals surface area (Å²) in [6.45, 7) is 0. The topological polar surface area (TPSA) is 39.3 Å². The molecule has 5 aromatic rings. The maximum Gasteiger partial charge on any atom is 0.275 e. The number of aromatic nitrogens is 3. The van der Waals surface area contributed by atoms with Crippen molar-refractivity contribution in [3.05, 3.63) is 92.5 Å². The van der Waals surface area contributed by atoms with Gasteiger partial charge in [-0.1, -0.05) is 35.1 Å². The Labute approximate surface area is 157 Å². The Hall–Kier alpha value is -2.89. The van der Waals surface area contributed by atoms with Gasteiger partial charge in [0.15, 0.2) is 4.96 Å². The highest BCUT2D eigenvalue weighted by atomic mass is 35.5. The Bertz CT molecular complexity index is 1360. The summed E-state index contributed by atoms with van der Waals surface area (Å²) < 4.78 is 4.37. The predicted octanol–water partition coefficient (Wildman–Crippen LogP) is 3.90. The SMILES string of the molecule is O=c1/c(=C/c2cccn2-c2ccc(Cl)cc2)sc2nc3ccccc3n12. The molecule has 0 atom stereocenters. The zero-order valence-electron chi connectivity index (χ0n) is 13.5. The lowest BCUT2D eigenvalue weighted by atomic mass is 10.3. The molecule has 3 aromatic heterocycles. The Kier molecular flexibility index (Phi) is 3.45. The molecule has 0 amide bonds. The van der Waals surface area contributed by atoms with Gasteiger partial charge in [0.1, 0.15) is 0 Å². The molecule has 0 N–H and O–H groups in total. The number of thiazole rings is 1. The van der Waals surface area contributed by atoms with Crippen molar-refractivity contribution in [3.8, 4) is 5.69 Å². The van der Waals surface area contributed by atoms with Gasteiger partial charge in [0, 0.05) is 22.6 Å². The van der Waals surface area contributed by atoms with E-state index in [1.54, 1.807) is 4.40 Å². The van der Waals surface area contributed by atoms with Crippen molar-refractivity contribution in [3.63, 3.8) is 0 Å². The average molecular weight is 378 g/mol. The van der Waals surface area contributed by atoms with Crippen molar-refractivity contribution < 1.29 is 0 Å². The molecule has 0 radical (unpaired) electrons. The minimum absolute atomic E-state index is 0.0393. The van der Waals surface area contributed by atoms with E-state index in [1.807, 2.05) is 77.5 Å². The van der Waals surface area contributed by atoms with Crippen LogP contribution in [0, 0.1) is 0 Å². The van der Waals surface area contributed by atoms with Crippen molar-refractivity contribution in [1.29, 1.82) is 0 Å². The van der Waals surface area contributed by atoms with Crippen molar-refractivity contribution in [2.24, 2.45) is 0 Å². The van der Waals surface area contributed by atoms with E-state index in [0.29, 0.717) is 14.5 Å². The molecule has 26 heavy (non-hydrogen) atoms. The molecule has 126 valence electrons. The van der Waals surface area contributed by atoms with E-state index in [1.165, 1.54) is 11.3 Å². The summed E-state index contributed by atoms with van der Waals surface area (Å²) in [4.78, 5) is 18.2. The number of para-hydroxylation sites is 2. The summed E-state index contributed by atoms with van der Waals surface area (Å²) in [6.07, 6.45) is 3.87. The summed E-state index contributed by atoms with van der Waals surface area (Å²) in [5.74, 6) is 0. The number of nitrogens with zero attached hydrogens (tertiary/aromatic N) is 3. The normalized spacial score (nSPS) is 12.4. The fraction of sp³-hybridized carbons (Fsp3) is 0. The van der Waals surface area contributed by atoms with E-state index in [0.717, 1.165) is 22.4 Å². The van der Waals surface area contributed by atoms with Crippen LogP contribution in [-0.2, 0) is 0 Å². The number of fused-ring (bicyclic) bond motifs is 3. The summed E-state index contributed by atoms with van der Waals surface area (Å²) in [5, 5.41) is 0.694. The van der Waals surface area contributed by atoms with Gasteiger partial charge < -0.3 is 4.57 Å². The molecule has 0 unspecified atom stereocenters. The van der Waals surface area contributed by atoms with Gasteiger partial charge in [-0.15, -0.1) is 0 Å². The van der Waals surface area contributed by atoms with Crippen LogP contribution in [0.5, 0.6) is 0 Å². The molecule has 0 aliphatic carbocycles. The van der Waals surface area contributed by atoms with Gasteiger partial charge >= 0.3 is 0 Å². The fourth-order valence-corrected chi connectivity index (χ4v) is 4.19. The molecule has 0 aliphatic rings. The number of hydrogen-bond donors (Lipinski definition) is 0. The van der Waals surface area contributed by atoms with Crippen molar-refractivity contribution >= 4 is 45.0 Å². The van der Waals surface area contributed by atoms with Crippen molar-refractivity contribution in [2.75, 3.05) is 0 Å². The third-order valence-electron chi connectivity index (χ3n) is 4.31. The second-order valence-electron chi connectivity index (χ2n) is 5.91. The molecule has 0 aliphatic heterocycles. The quantitative estimate of drug-likeness (QED) is 0.468. The van der Waals surface area contributed by atoms with Gasteiger partial charge in [-0.3, -0.25) is 4.79 Å². The maximum atomic E-state index is 12.9. The molecule has 0 fully saturated rings.